The van der Waals surface area contributed by atoms with Crippen LogP contribution < -0.4 is 0 Å². The van der Waals surface area contributed by atoms with Crippen molar-refractivity contribution in [2.45, 2.75) is 59.4 Å². The largest absolute Gasteiger partial charge is 0.300 e. The fourth-order valence-corrected chi connectivity index (χ4v) is 3.62. The van der Waals surface area contributed by atoms with E-state index in [1.807, 2.05) is 13.8 Å². The van der Waals surface area contributed by atoms with Gasteiger partial charge in [0.1, 0.15) is 5.78 Å². The second kappa shape index (κ2) is 5.73. The van der Waals surface area contributed by atoms with Crippen molar-refractivity contribution in [3.05, 3.63) is 0 Å². The SMILES string of the molecule is CC(C)C(=O)C1CCC(C2CN(C(C)C)C2)CC1. The van der Waals surface area contributed by atoms with Crippen molar-refractivity contribution in [1.29, 1.82) is 0 Å². The van der Waals surface area contributed by atoms with Crippen molar-refractivity contribution in [2.24, 2.45) is 23.7 Å². The summed E-state index contributed by atoms with van der Waals surface area (Å²) in [6.45, 7) is 11.3. The molecule has 0 radical (unpaired) electrons. The highest BCUT2D eigenvalue weighted by molar-refractivity contribution is 5.82. The molecule has 104 valence electrons. The van der Waals surface area contributed by atoms with Crippen molar-refractivity contribution in [2.75, 3.05) is 13.1 Å². The second-order valence-corrected chi connectivity index (χ2v) is 6.98. The Morgan fingerprint density at radius 2 is 1.50 bits per heavy atom. The van der Waals surface area contributed by atoms with E-state index >= 15 is 0 Å². The van der Waals surface area contributed by atoms with Gasteiger partial charge in [0.05, 0.1) is 0 Å². The molecular formula is C16H29NO. The van der Waals surface area contributed by atoms with E-state index in [0.717, 1.165) is 24.7 Å². The van der Waals surface area contributed by atoms with Crippen LogP contribution in [-0.4, -0.2) is 29.8 Å². The van der Waals surface area contributed by atoms with Gasteiger partial charge in [0, 0.05) is 31.0 Å². The summed E-state index contributed by atoms with van der Waals surface area (Å²) in [6.07, 6.45) is 4.89. The molecule has 2 heteroatoms. The first kappa shape index (κ1) is 14.0. The van der Waals surface area contributed by atoms with Gasteiger partial charge in [-0.3, -0.25) is 4.79 Å². The molecule has 2 rings (SSSR count). The molecule has 1 saturated carbocycles. The van der Waals surface area contributed by atoms with Crippen LogP contribution in [0.2, 0.25) is 0 Å². The monoisotopic (exact) mass is 251 g/mol. The Morgan fingerprint density at radius 3 is 1.94 bits per heavy atom. The van der Waals surface area contributed by atoms with Gasteiger partial charge in [0.15, 0.2) is 0 Å². The van der Waals surface area contributed by atoms with Gasteiger partial charge < -0.3 is 4.90 Å². The maximum Gasteiger partial charge on any atom is 0.138 e. The number of rotatable bonds is 4. The highest BCUT2D eigenvalue weighted by atomic mass is 16.1. The Kier molecular flexibility index (Phi) is 4.47. The zero-order chi connectivity index (χ0) is 13.3. The molecule has 1 aliphatic carbocycles. The fourth-order valence-electron chi connectivity index (χ4n) is 3.62. The number of carbonyl (C=O) groups excluding carboxylic acids is 1. The molecule has 0 N–H and O–H groups in total. The number of Topliss-reactive ketones (excluding diaryl/α,β-unsaturated/α-hetero) is 1. The Labute approximate surface area is 112 Å². The summed E-state index contributed by atoms with van der Waals surface area (Å²) in [5.74, 6) is 2.93. The summed E-state index contributed by atoms with van der Waals surface area (Å²) in [4.78, 5) is 14.6. The van der Waals surface area contributed by atoms with E-state index in [1.165, 1.54) is 25.9 Å². The number of carbonyl (C=O) groups is 1. The first-order valence-corrected chi connectivity index (χ1v) is 7.76. The van der Waals surface area contributed by atoms with Crippen molar-refractivity contribution in [3.63, 3.8) is 0 Å². The Hall–Kier alpha value is -0.370. The maximum absolute atomic E-state index is 12.0. The molecule has 0 atom stereocenters. The Balaban J connectivity index is 1.73. The van der Waals surface area contributed by atoms with Crippen LogP contribution in [0.25, 0.3) is 0 Å². The lowest BCUT2D eigenvalue weighted by molar-refractivity contribution is -0.127. The zero-order valence-electron chi connectivity index (χ0n) is 12.5. The normalized spacial score (nSPS) is 30.8. The van der Waals surface area contributed by atoms with Crippen LogP contribution in [0.15, 0.2) is 0 Å². The molecule has 0 spiro atoms. The molecule has 0 unspecified atom stereocenters. The first-order valence-electron chi connectivity index (χ1n) is 7.76. The lowest BCUT2D eigenvalue weighted by Gasteiger charge is -2.47. The summed E-state index contributed by atoms with van der Waals surface area (Å²) in [7, 11) is 0. The molecular weight excluding hydrogens is 222 g/mol. The predicted octanol–water partition coefficient (Wildman–Crippen LogP) is 3.36. The van der Waals surface area contributed by atoms with Gasteiger partial charge in [-0.1, -0.05) is 13.8 Å². The third-order valence-corrected chi connectivity index (χ3v) is 5.08. The lowest BCUT2D eigenvalue weighted by Crippen LogP contribution is -2.53. The summed E-state index contributed by atoms with van der Waals surface area (Å²) in [5.41, 5.74) is 0. The molecule has 2 aliphatic rings. The molecule has 1 heterocycles. The van der Waals surface area contributed by atoms with E-state index in [0.29, 0.717) is 17.7 Å². The van der Waals surface area contributed by atoms with E-state index in [1.54, 1.807) is 0 Å². The van der Waals surface area contributed by atoms with Crippen LogP contribution in [0.3, 0.4) is 0 Å². The van der Waals surface area contributed by atoms with Crippen molar-refractivity contribution in [3.8, 4) is 0 Å². The van der Waals surface area contributed by atoms with Gasteiger partial charge in [-0.05, 0) is 51.4 Å². The second-order valence-electron chi connectivity index (χ2n) is 6.98. The van der Waals surface area contributed by atoms with Gasteiger partial charge in [0.25, 0.3) is 0 Å². The molecule has 18 heavy (non-hydrogen) atoms. The van der Waals surface area contributed by atoms with E-state index < -0.39 is 0 Å². The van der Waals surface area contributed by atoms with Crippen LogP contribution >= 0.6 is 0 Å². The van der Waals surface area contributed by atoms with Crippen molar-refractivity contribution >= 4 is 5.78 Å². The summed E-state index contributed by atoms with van der Waals surface area (Å²) >= 11 is 0. The van der Waals surface area contributed by atoms with Gasteiger partial charge in [0.2, 0.25) is 0 Å². The summed E-state index contributed by atoms with van der Waals surface area (Å²) in [5, 5.41) is 0. The van der Waals surface area contributed by atoms with Crippen molar-refractivity contribution < 1.29 is 4.79 Å². The standard InChI is InChI=1S/C16H29NO/c1-11(2)16(18)14-7-5-13(6-8-14)15-9-17(10-15)12(3)4/h11-15H,5-10H2,1-4H3. The molecule has 0 amide bonds. The third kappa shape index (κ3) is 2.96. The van der Waals surface area contributed by atoms with Crippen LogP contribution in [0.1, 0.15) is 53.4 Å². The minimum Gasteiger partial charge on any atom is -0.300 e. The molecule has 2 fully saturated rings. The molecule has 0 aromatic carbocycles. The minimum absolute atomic E-state index is 0.228. The van der Waals surface area contributed by atoms with Gasteiger partial charge >= 0.3 is 0 Å². The lowest BCUT2D eigenvalue weighted by atomic mass is 9.71. The van der Waals surface area contributed by atoms with E-state index in [9.17, 15) is 4.79 Å². The Morgan fingerprint density at radius 1 is 0.944 bits per heavy atom. The van der Waals surface area contributed by atoms with Crippen LogP contribution in [0, 0.1) is 23.7 Å². The van der Waals surface area contributed by atoms with Gasteiger partial charge in [-0.25, -0.2) is 0 Å². The highest BCUT2D eigenvalue weighted by Crippen LogP contribution is 2.38. The average Bonchev–Trinajstić information content (AvgIpc) is 2.26. The molecule has 0 aromatic rings. The van der Waals surface area contributed by atoms with Crippen LogP contribution in [0.4, 0.5) is 0 Å². The highest BCUT2D eigenvalue weighted by Gasteiger charge is 2.37. The summed E-state index contributed by atoms with van der Waals surface area (Å²) < 4.78 is 0. The minimum atomic E-state index is 0.228. The number of ketones is 1. The quantitative estimate of drug-likeness (QED) is 0.763. The fraction of sp³-hybridized carbons (Fsp3) is 0.938. The number of hydrogen-bond acceptors (Lipinski definition) is 2. The smallest absolute Gasteiger partial charge is 0.138 e. The average molecular weight is 251 g/mol. The van der Waals surface area contributed by atoms with Crippen LogP contribution in [-0.2, 0) is 4.79 Å². The van der Waals surface area contributed by atoms with E-state index in [2.05, 4.69) is 18.7 Å². The Bertz CT molecular complexity index is 283. The summed E-state index contributed by atoms with van der Waals surface area (Å²) in [6, 6.07) is 0.708. The number of nitrogens with zero attached hydrogens (tertiary/aromatic N) is 1. The van der Waals surface area contributed by atoms with Crippen LogP contribution in [0.5, 0.6) is 0 Å². The molecule has 0 bridgehead atoms. The topological polar surface area (TPSA) is 20.3 Å². The number of likely N-dealkylation sites (tertiary alicyclic amines) is 1. The van der Waals surface area contributed by atoms with E-state index in [-0.39, 0.29) is 5.92 Å². The molecule has 1 aliphatic heterocycles. The maximum atomic E-state index is 12.0. The van der Waals surface area contributed by atoms with Gasteiger partial charge in [-0.15, -0.1) is 0 Å². The first-order chi connectivity index (χ1) is 8.49. The van der Waals surface area contributed by atoms with Gasteiger partial charge in [-0.2, -0.15) is 0 Å². The van der Waals surface area contributed by atoms with E-state index in [4.69, 9.17) is 0 Å². The van der Waals surface area contributed by atoms with Crippen molar-refractivity contribution in [1.82, 2.24) is 4.90 Å². The molecule has 1 saturated heterocycles. The molecule has 0 aromatic heterocycles. The molecule has 2 nitrogen and oxygen atoms in total. The predicted molar refractivity (Wildman–Crippen MR) is 75.5 cm³/mol. The third-order valence-electron chi connectivity index (χ3n) is 5.08. The zero-order valence-corrected chi connectivity index (χ0v) is 12.5. The number of hydrogen-bond donors (Lipinski definition) is 0.